The van der Waals surface area contributed by atoms with Gasteiger partial charge in [-0.3, -0.25) is 4.79 Å². The van der Waals surface area contributed by atoms with Crippen LogP contribution < -0.4 is 0 Å². The molecule has 0 aliphatic carbocycles. The summed E-state index contributed by atoms with van der Waals surface area (Å²) < 4.78 is 1.91. The number of rotatable bonds is 2. The van der Waals surface area contributed by atoms with E-state index in [1.54, 1.807) is 0 Å². The highest BCUT2D eigenvalue weighted by atomic mass is 16.1. The maximum atomic E-state index is 11.3. The summed E-state index contributed by atoms with van der Waals surface area (Å²) in [7, 11) is 0. The van der Waals surface area contributed by atoms with Crippen LogP contribution >= 0.6 is 0 Å². The summed E-state index contributed by atoms with van der Waals surface area (Å²) in [4.78, 5) is 11.3. The van der Waals surface area contributed by atoms with Gasteiger partial charge in [0.25, 0.3) is 0 Å². The molecule has 2 heterocycles. The minimum Gasteiger partial charge on any atom is -0.314 e. The van der Waals surface area contributed by atoms with Gasteiger partial charge in [0.2, 0.25) is 0 Å². The summed E-state index contributed by atoms with van der Waals surface area (Å²) >= 11 is 0. The molecule has 1 aromatic carbocycles. The lowest BCUT2D eigenvalue weighted by Crippen LogP contribution is -1.91. The zero-order chi connectivity index (χ0) is 11.7. The lowest BCUT2D eigenvalue weighted by Gasteiger charge is -1.99. The van der Waals surface area contributed by atoms with Crippen LogP contribution in [0.3, 0.4) is 0 Å². The highest BCUT2D eigenvalue weighted by Gasteiger charge is 2.10. The Labute approximate surface area is 99.1 Å². The predicted octanol–water partition coefficient (Wildman–Crippen LogP) is 3.42. The van der Waals surface area contributed by atoms with Gasteiger partial charge in [-0.05, 0) is 23.8 Å². The lowest BCUT2D eigenvalue weighted by atomic mass is 10.1. The monoisotopic (exact) mass is 221 g/mol. The summed E-state index contributed by atoms with van der Waals surface area (Å²) in [5.74, 6) is 0. The maximum absolute atomic E-state index is 11.3. The van der Waals surface area contributed by atoms with E-state index in [0.717, 1.165) is 22.9 Å². The second-order valence-electron chi connectivity index (χ2n) is 3.92. The topological polar surface area (TPSA) is 21.5 Å². The number of fused-ring (bicyclic) bond motifs is 1. The number of carbonyl (C=O) groups excluding carboxylic acids is 1. The largest absolute Gasteiger partial charge is 0.314 e. The third-order valence-corrected chi connectivity index (χ3v) is 2.92. The molecule has 0 fully saturated rings. The Morgan fingerprint density at radius 2 is 1.71 bits per heavy atom. The Kier molecular flexibility index (Phi) is 2.26. The summed E-state index contributed by atoms with van der Waals surface area (Å²) in [6.07, 6.45) is 2.82. The van der Waals surface area contributed by atoms with Crippen LogP contribution in [-0.2, 0) is 0 Å². The van der Waals surface area contributed by atoms with Crippen LogP contribution in [0.1, 0.15) is 10.5 Å². The summed E-state index contributed by atoms with van der Waals surface area (Å²) in [6.45, 7) is 0. The zero-order valence-corrected chi connectivity index (χ0v) is 9.21. The molecule has 2 heteroatoms. The average molecular weight is 221 g/mol. The van der Waals surface area contributed by atoms with Crippen molar-refractivity contribution in [2.75, 3.05) is 0 Å². The van der Waals surface area contributed by atoms with Gasteiger partial charge in [-0.25, -0.2) is 0 Å². The lowest BCUT2D eigenvalue weighted by molar-refractivity contribution is 0.111. The number of nitrogens with zero attached hydrogens (tertiary/aromatic N) is 1. The number of hydrogen-bond acceptors (Lipinski definition) is 1. The van der Waals surface area contributed by atoms with Crippen LogP contribution in [-0.4, -0.2) is 10.7 Å². The van der Waals surface area contributed by atoms with Gasteiger partial charge >= 0.3 is 0 Å². The quantitative estimate of drug-likeness (QED) is 0.607. The molecule has 0 atom stereocenters. The van der Waals surface area contributed by atoms with Crippen LogP contribution in [0.15, 0.2) is 60.8 Å². The zero-order valence-electron chi connectivity index (χ0n) is 9.21. The fourth-order valence-electron chi connectivity index (χ4n) is 2.11. The Hall–Kier alpha value is -2.35. The van der Waals surface area contributed by atoms with Gasteiger partial charge in [0.1, 0.15) is 0 Å². The van der Waals surface area contributed by atoms with E-state index in [4.69, 9.17) is 0 Å². The normalized spacial score (nSPS) is 10.6. The first-order chi connectivity index (χ1) is 8.40. The van der Waals surface area contributed by atoms with Crippen molar-refractivity contribution in [3.05, 3.63) is 66.5 Å². The van der Waals surface area contributed by atoms with Crippen molar-refractivity contribution in [1.82, 2.24) is 4.40 Å². The van der Waals surface area contributed by atoms with E-state index in [1.807, 2.05) is 65.2 Å². The van der Waals surface area contributed by atoms with Gasteiger partial charge < -0.3 is 4.40 Å². The molecule has 0 radical (unpaired) electrons. The van der Waals surface area contributed by atoms with Crippen molar-refractivity contribution in [1.29, 1.82) is 0 Å². The Balaban J connectivity index is 2.33. The highest BCUT2D eigenvalue weighted by molar-refractivity contribution is 5.89. The number of carbonyl (C=O) groups is 1. The maximum Gasteiger partial charge on any atom is 0.167 e. The smallest absolute Gasteiger partial charge is 0.167 e. The van der Waals surface area contributed by atoms with Crippen molar-refractivity contribution in [2.45, 2.75) is 0 Å². The van der Waals surface area contributed by atoms with E-state index >= 15 is 0 Å². The first-order valence-electron chi connectivity index (χ1n) is 5.51. The molecule has 82 valence electrons. The van der Waals surface area contributed by atoms with Crippen molar-refractivity contribution in [2.24, 2.45) is 0 Å². The molecule has 0 saturated carbocycles. The molecular formula is C15H11NO. The van der Waals surface area contributed by atoms with Gasteiger partial charge in [-0.2, -0.15) is 0 Å². The van der Waals surface area contributed by atoms with E-state index in [2.05, 4.69) is 0 Å². The number of pyridine rings is 1. The Morgan fingerprint density at radius 3 is 2.47 bits per heavy atom. The Morgan fingerprint density at radius 1 is 0.941 bits per heavy atom. The second kappa shape index (κ2) is 3.91. The van der Waals surface area contributed by atoms with Gasteiger partial charge in [-0.1, -0.05) is 36.4 Å². The summed E-state index contributed by atoms with van der Waals surface area (Å²) in [5, 5.41) is 0. The molecule has 2 nitrogen and oxygen atoms in total. The van der Waals surface area contributed by atoms with Crippen LogP contribution in [0.25, 0.3) is 16.6 Å². The fourth-order valence-corrected chi connectivity index (χ4v) is 2.11. The Bertz CT molecular complexity index is 668. The van der Waals surface area contributed by atoms with E-state index < -0.39 is 0 Å². The van der Waals surface area contributed by atoms with Gasteiger partial charge in [0, 0.05) is 17.3 Å². The minimum absolute atomic E-state index is 0.701. The average Bonchev–Trinajstić information content (AvgIpc) is 2.78. The molecule has 0 aliphatic heterocycles. The molecule has 17 heavy (non-hydrogen) atoms. The molecule has 0 unspecified atom stereocenters. The van der Waals surface area contributed by atoms with Crippen molar-refractivity contribution < 1.29 is 4.79 Å². The highest BCUT2D eigenvalue weighted by Crippen LogP contribution is 2.26. The first-order valence-corrected chi connectivity index (χ1v) is 5.51. The van der Waals surface area contributed by atoms with E-state index in [-0.39, 0.29) is 0 Å². The minimum atomic E-state index is 0.701. The molecule has 2 aromatic heterocycles. The standard InChI is InChI=1S/C15H11NO/c17-11-15-14(12-6-2-1-3-7-12)10-13-8-4-5-9-16(13)15/h1-11H. The second-order valence-corrected chi connectivity index (χ2v) is 3.92. The number of hydrogen-bond donors (Lipinski definition) is 0. The third kappa shape index (κ3) is 1.54. The third-order valence-electron chi connectivity index (χ3n) is 2.92. The van der Waals surface area contributed by atoms with Gasteiger partial charge in [0.15, 0.2) is 6.29 Å². The number of aldehydes is 1. The van der Waals surface area contributed by atoms with Crippen LogP contribution in [0, 0.1) is 0 Å². The SMILES string of the molecule is O=Cc1c(-c2ccccc2)cc2ccccn12. The molecule has 0 N–H and O–H groups in total. The van der Waals surface area contributed by atoms with Crippen LogP contribution in [0.4, 0.5) is 0 Å². The molecular weight excluding hydrogens is 210 g/mol. The van der Waals surface area contributed by atoms with Crippen molar-refractivity contribution in [3.63, 3.8) is 0 Å². The van der Waals surface area contributed by atoms with Gasteiger partial charge in [0.05, 0.1) is 5.69 Å². The van der Waals surface area contributed by atoms with E-state index in [1.165, 1.54) is 0 Å². The number of benzene rings is 1. The molecule has 0 saturated heterocycles. The molecule has 0 amide bonds. The number of aromatic nitrogens is 1. The summed E-state index contributed by atoms with van der Waals surface area (Å²) in [5.41, 5.74) is 3.78. The van der Waals surface area contributed by atoms with E-state index in [9.17, 15) is 4.79 Å². The molecule has 3 rings (SSSR count). The van der Waals surface area contributed by atoms with Crippen LogP contribution in [0.2, 0.25) is 0 Å². The van der Waals surface area contributed by atoms with Crippen molar-refractivity contribution >= 4 is 11.8 Å². The molecule has 0 bridgehead atoms. The molecule has 0 spiro atoms. The first kappa shape index (κ1) is 9.85. The van der Waals surface area contributed by atoms with Crippen molar-refractivity contribution in [3.8, 4) is 11.1 Å². The van der Waals surface area contributed by atoms with Crippen LogP contribution in [0.5, 0.6) is 0 Å². The molecule has 0 aliphatic rings. The molecule has 3 aromatic rings. The van der Waals surface area contributed by atoms with Gasteiger partial charge in [-0.15, -0.1) is 0 Å². The fraction of sp³-hybridized carbons (Fsp3) is 0. The predicted molar refractivity (Wildman–Crippen MR) is 68.2 cm³/mol. The summed E-state index contributed by atoms with van der Waals surface area (Å²) in [6, 6.07) is 17.9. The van der Waals surface area contributed by atoms with E-state index in [0.29, 0.717) is 5.69 Å².